The number of nitrogens with one attached hydrogen (secondary N) is 1. The highest BCUT2D eigenvalue weighted by Crippen LogP contribution is 2.28. The maximum absolute atomic E-state index is 13.4. The SMILES string of the molecule is Cc1cc(F)cc(C(C)(O)CC2COCCN2)c1. The van der Waals surface area contributed by atoms with Gasteiger partial charge in [-0.15, -0.1) is 0 Å². The average molecular weight is 253 g/mol. The number of hydrogen-bond acceptors (Lipinski definition) is 3. The van der Waals surface area contributed by atoms with Gasteiger partial charge in [0.2, 0.25) is 0 Å². The van der Waals surface area contributed by atoms with Crippen LogP contribution in [0.25, 0.3) is 0 Å². The fraction of sp³-hybridized carbons (Fsp3) is 0.571. The monoisotopic (exact) mass is 253 g/mol. The summed E-state index contributed by atoms with van der Waals surface area (Å²) < 4.78 is 18.7. The lowest BCUT2D eigenvalue weighted by Gasteiger charge is -2.32. The van der Waals surface area contributed by atoms with E-state index >= 15 is 0 Å². The molecule has 0 saturated carbocycles. The van der Waals surface area contributed by atoms with Crippen LogP contribution >= 0.6 is 0 Å². The van der Waals surface area contributed by atoms with Crippen molar-refractivity contribution in [3.8, 4) is 0 Å². The van der Waals surface area contributed by atoms with Crippen molar-refractivity contribution < 1.29 is 14.2 Å². The lowest BCUT2D eigenvalue weighted by atomic mass is 9.88. The first-order valence-corrected chi connectivity index (χ1v) is 6.28. The molecule has 18 heavy (non-hydrogen) atoms. The first kappa shape index (κ1) is 13.5. The number of morpholine rings is 1. The summed E-state index contributed by atoms with van der Waals surface area (Å²) in [5.41, 5.74) is 0.385. The van der Waals surface area contributed by atoms with Crippen molar-refractivity contribution in [2.24, 2.45) is 0 Å². The topological polar surface area (TPSA) is 41.5 Å². The van der Waals surface area contributed by atoms with Crippen LogP contribution in [-0.4, -0.2) is 30.9 Å². The van der Waals surface area contributed by atoms with Gasteiger partial charge in [-0.25, -0.2) is 4.39 Å². The molecule has 2 rings (SSSR count). The summed E-state index contributed by atoms with van der Waals surface area (Å²) in [6.45, 7) is 5.63. The van der Waals surface area contributed by atoms with Crippen LogP contribution in [0.4, 0.5) is 4.39 Å². The second-order valence-corrected chi connectivity index (χ2v) is 5.22. The Labute approximate surface area is 107 Å². The van der Waals surface area contributed by atoms with Crippen LogP contribution in [0.5, 0.6) is 0 Å². The molecule has 0 bridgehead atoms. The van der Waals surface area contributed by atoms with Gasteiger partial charge in [-0.1, -0.05) is 6.07 Å². The number of benzene rings is 1. The van der Waals surface area contributed by atoms with Gasteiger partial charge in [0, 0.05) is 12.6 Å². The fourth-order valence-electron chi connectivity index (χ4n) is 2.40. The van der Waals surface area contributed by atoms with Gasteiger partial charge in [0.25, 0.3) is 0 Å². The van der Waals surface area contributed by atoms with Crippen LogP contribution in [0.15, 0.2) is 18.2 Å². The van der Waals surface area contributed by atoms with E-state index in [-0.39, 0.29) is 11.9 Å². The molecular formula is C14H20FNO2. The average Bonchev–Trinajstić information content (AvgIpc) is 2.28. The molecule has 0 aromatic heterocycles. The van der Waals surface area contributed by atoms with Gasteiger partial charge in [-0.3, -0.25) is 0 Å². The normalized spacial score (nSPS) is 23.7. The van der Waals surface area contributed by atoms with Crippen molar-refractivity contribution in [1.29, 1.82) is 0 Å². The van der Waals surface area contributed by atoms with Crippen molar-refractivity contribution >= 4 is 0 Å². The second-order valence-electron chi connectivity index (χ2n) is 5.22. The number of hydrogen-bond donors (Lipinski definition) is 2. The van der Waals surface area contributed by atoms with Gasteiger partial charge < -0.3 is 15.2 Å². The van der Waals surface area contributed by atoms with Crippen molar-refractivity contribution in [2.45, 2.75) is 31.9 Å². The van der Waals surface area contributed by atoms with E-state index in [4.69, 9.17) is 4.74 Å². The number of aliphatic hydroxyl groups is 1. The van der Waals surface area contributed by atoms with E-state index in [9.17, 15) is 9.50 Å². The minimum atomic E-state index is -1.05. The van der Waals surface area contributed by atoms with E-state index in [1.807, 2.05) is 13.0 Å². The first-order valence-electron chi connectivity index (χ1n) is 6.28. The van der Waals surface area contributed by atoms with Gasteiger partial charge in [0.15, 0.2) is 0 Å². The Bertz CT molecular complexity index is 394. The molecule has 100 valence electrons. The van der Waals surface area contributed by atoms with Gasteiger partial charge in [0.05, 0.1) is 18.8 Å². The van der Waals surface area contributed by atoms with Crippen molar-refractivity contribution in [2.75, 3.05) is 19.8 Å². The minimum Gasteiger partial charge on any atom is -0.385 e. The summed E-state index contributed by atoms with van der Waals surface area (Å²) in [5.74, 6) is -0.307. The van der Waals surface area contributed by atoms with E-state index in [0.29, 0.717) is 25.2 Å². The van der Waals surface area contributed by atoms with Crippen molar-refractivity contribution in [3.63, 3.8) is 0 Å². The van der Waals surface area contributed by atoms with Crippen LogP contribution in [-0.2, 0) is 10.3 Å². The molecule has 2 N–H and O–H groups in total. The maximum atomic E-state index is 13.4. The van der Waals surface area contributed by atoms with Crippen LogP contribution in [0.1, 0.15) is 24.5 Å². The Morgan fingerprint density at radius 3 is 2.89 bits per heavy atom. The smallest absolute Gasteiger partial charge is 0.123 e. The summed E-state index contributed by atoms with van der Waals surface area (Å²) in [6.07, 6.45) is 0.510. The predicted octanol–water partition coefficient (Wildman–Crippen LogP) is 1.72. The molecule has 1 aromatic rings. The zero-order valence-electron chi connectivity index (χ0n) is 10.9. The van der Waals surface area contributed by atoms with Gasteiger partial charge in [-0.2, -0.15) is 0 Å². The molecule has 1 heterocycles. The summed E-state index contributed by atoms with van der Waals surface area (Å²) in [4.78, 5) is 0. The highest BCUT2D eigenvalue weighted by molar-refractivity contribution is 5.28. The molecule has 3 nitrogen and oxygen atoms in total. The third kappa shape index (κ3) is 3.28. The minimum absolute atomic E-state index is 0.109. The highest BCUT2D eigenvalue weighted by atomic mass is 19.1. The molecular weight excluding hydrogens is 233 g/mol. The third-order valence-corrected chi connectivity index (χ3v) is 3.31. The lowest BCUT2D eigenvalue weighted by molar-refractivity contribution is 0.00301. The zero-order chi connectivity index (χ0) is 13.2. The Kier molecular flexibility index (Phi) is 4.00. The van der Waals surface area contributed by atoms with Crippen molar-refractivity contribution in [1.82, 2.24) is 5.32 Å². The first-order chi connectivity index (χ1) is 8.47. The molecule has 4 heteroatoms. The Hall–Kier alpha value is -0.970. The summed E-state index contributed by atoms with van der Waals surface area (Å²) in [5, 5.41) is 13.8. The highest BCUT2D eigenvalue weighted by Gasteiger charge is 2.29. The lowest BCUT2D eigenvalue weighted by Crippen LogP contribution is -2.45. The van der Waals surface area contributed by atoms with Gasteiger partial charge >= 0.3 is 0 Å². The fourth-order valence-corrected chi connectivity index (χ4v) is 2.40. The van der Waals surface area contributed by atoms with E-state index in [1.54, 1.807) is 6.92 Å². The molecule has 0 amide bonds. The summed E-state index contributed by atoms with van der Waals surface area (Å²) in [6, 6.07) is 4.79. The number of rotatable bonds is 3. The van der Waals surface area contributed by atoms with Crippen LogP contribution in [0, 0.1) is 12.7 Å². The van der Waals surface area contributed by atoms with E-state index < -0.39 is 5.60 Å². The molecule has 1 aliphatic rings. The molecule has 0 spiro atoms. The molecule has 1 aliphatic heterocycles. The summed E-state index contributed by atoms with van der Waals surface area (Å²) >= 11 is 0. The third-order valence-electron chi connectivity index (χ3n) is 3.31. The maximum Gasteiger partial charge on any atom is 0.123 e. The Morgan fingerprint density at radius 2 is 2.28 bits per heavy atom. The number of halogens is 1. The number of aryl methyl sites for hydroxylation is 1. The van der Waals surface area contributed by atoms with Gasteiger partial charge in [-0.05, 0) is 43.5 Å². The predicted molar refractivity (Wildman–Crippen MR) is 67.9 cm³/mol. The molecule has 0 aliphatic carbocycles. The molecule has 1 fully saturated rings. The van der Waals surface area contributed by atoms with Gasteiger partial charge in [0.1, 0.15) is 5.82 Å². The van der Waals surface area contributed by atoms with E-state index in [2.05, 4.69) is 5.32 Å². The van der Waals surface area contributed by atoms with Crippen LogP contribution < -0.4 is 5.32 Å². The zero-order valence-corrected chi connectivity index (χ0v) is 10.9. The van der Waals surface area contributed by atoms with Crippen LogP contribution in [0.3, 0.4) is 0 Å². The van der Waals surface area contributed by atoms with E-state index in [0.717, 1.165) is 12.1 Å². The second kappa shape index (κ2) is 5.34. The van der Waals surface area contributed by atoms with Crippen LogP contribution in [0.2, 0.25) is 0 Å². The van der Waals surface area contributed by atoms with E-state index in [1.165, 1.54) is 12.1 Å². The standard InChI is InChI=1S/C14H20FNO2/c1-10-5-11(7-12(15)6-10)14(2,17)8-13-9-18-4-3-16-13/h5-7,13,16-17H,3-4,8-9H2,1-2H3. The molecule has 2 unspecified atom stereocenters. The Balaban J connectivity index is 2.13. The molecule has 2 atom stereocenters. The molecule has 1 aromatic carbocycles. The Morgan fingerprint density at radius 1 is 1.50 bits per heavy atom. The van der Waals surface area contributed by atoms with Crippen molar-refractivity contribution in [3.05, 3.63) is 35.1 Å². The quantitative estimate of drug-likeness (QED) is 0.862. The summed E-state index contributed by atoms with van der Waals surface area (Å²) in [7, 11) is 0. The number of ether oxygens (including phenoxy) is 1. The molecule has 1 saturated heterocycles. The molecule has 0 radical (unpaired) electrons. The largest absolute Gasteiger partial charge is 0.385 e.